The minimum absolute atomic E-state index is 0.994. The number of benzene rings is 9. The normalized spacial score (nSPS) is 14.9. The number of hydrogen-bond donors (Lipinski definition) is 0. The van der Waals surface area contributed by atoms with Crippen molar-refractivity contribution in [1.29, 1.82) is 0 Å². The highest BCUT2D eigenvalue weighted by atomic mass is 15.2. The third kappa shape index (κ3) is 7.72. The van der Waals surface area contributed by atoms with Crippen LogP contribution in [0.3, 0.4) is 0 Å². The van der Waals surface area contributed by atoms with Crippen LogP contribution in [0, 0.1) is 0 Å². The van der Waals surface area contributed by atoms with Crippen molar-refractivity contribution in [2.75, 3.05) is 4.90 Å². The summed E-state index contributed by atoms with van der Waals surface area (Å²) in [6.07, 6.45) is 29.7. The summed E-state index contributed by atoms with van der Waals surface area (Å²) in [5, 5.41) is 7.86. The molecule has 10 aromatic rings. The van der Waals surface area contributed by atoms with Crippen molar-refractivity contribution in [1.82, 2.24) is 4.57 Å². The molecule has 0 radical (unpaired) electrons. The van der Waals surface area contributed by atoms with Gasteiger partial charge in [0.25, 0.3) is 0 Å². The molecule has 1 heterocycles. The van der Waals surface area contributed by atoms with E-state index >= 15 is 0 Å². The van der Waals surface area contributed by atoms with Gasteiger partial charge in [0.1, 0.15) is 0 Å². The molecule has 0 bridgehead atoms. The Labute approximate surface area is 434 Å². The second-order valence-electron chi connectivity index (χ2n) is 20.4. The quantitative estimate of drug-likeness (QED) is 0.131. The molecule has 9 aromatic carbocycles. The van der Waals surface area contributed by atoms with E-state index < -0.39 is 0 Å². The molecule has 0 unspecified atom stereocenters. The van der Waals surface area contributed by atoms with Crippen molar-refractivity contribution in [3.05, 3.63) is 269 Å². The Bertz CT molecular complexity index is 3990. The van der Waals surface area contributed by atoms with E-state index in [2.05, 4.69) is 252 Å². The molecule has 2 heteroatoms. The zero-order valence-corrected chi connectivity index (χ0v) is 41.6. The number of aromatic nitrogens is 1. The standard InChI is InChI=1S/C72H56N2/c1-6-20-51(21-7-1)66-48-67(70(52-22-8-2-9-23-52)72-65-33-19-17-31-61(65)60-30-16-18-32-64(60)71(66)72)55-40-39-53-44-49(36-38-54(53)46-55)34-35-50-37-42-62-63-43-41-59(47-69(63)74(68(62)45-50)58-28-14-5-15-29-58)73(56-24-10-3-11-25-56)57-26-12-4-13-27-57/h1-14,16,18-28,30,32-36,38-40,44-48H,15,17,29,31,37,41-43H2/b35-34+. The van der Waals surface area contributed by atoms with Crippen LogP contribution in [0.15, 0.2) is 230 Å². The maximum atomic E-state index is 2.61. The summed E-state index contributed by atoms with van der Waals surface area (Å²) in [5.74, 6) is 0. The molecular formula is C72H56N2. The van der Waals surface area contributed by atoms with Crippen LogP contribution in [-0.2, 0) is 19.3 Å². The lowest BCUT2D eigenvalue weighted by atomic mass is 9.78. The van der Waals surface area contributed by atoms with Crippen molar-refractivity contribution in [3.63, 3.8) is 0 Å². The first kappa shape index (κ1) is 44.0. The Morgan fingerprint density at radius 2 is 1.09 bits per heavy atom. The smallest absolute Gasteiger partial charge is 0.0511 e. The molecule has 0 amide bonds. The van der Waals surface area contributed by atoms with Gasteiger partial charge in [0.05, 0.1) is 5.69 Å². The largest absolute Gasteiger partial charge is 0.314 e. The first-order valence-electron chi connectivity index (χ1n) is 26.7. The van der Waals surface area contributed by atoms with E-state index in [0.717, 1.165) is 51.4 Å². The van der Waals surface area contributed by atoms with Crippen molar-refractivity contribution >= 4 is 73.7 Å². The van der Waals surface area contributed by atoms with Gasteiger partial charge in [-0.05, 0) is 211 Å². The second kappa shape index (κ2) is 18.7. The number of allylic oxidation sites excluding steroid dienone is 8. The molecule has 0 atom stereocenters. The zero-order valence-electron chi connectivity index (χ0n) is 41.6. The van der Waals surface area contributed by atoms with Gasteiger partial charge < -0.3 is 9.47 Å². The van der Waals surface area contributed by atoms with Gasteiger partial charge in [-0.2, -0.15) is 0 Å². The summed E-state index contributed by atoms with van der Waals surface area (Å²) < 4.78 is 2.61. The van der Waals surface area contributed by atoms with Gasteiger partial charge in [0, 0.05) is 28.5 Å². The number of hydrogen-bond acceptors (Lipinski definition) is 1. The van der Waals surface area contributed by atoms with E-state index in [4.69, 9.17) is 0 Å². The fourth-order valence-corrected chi connectivity index (χ4v) is 12.7. The van der Waals surface area contributed by atoms with E-state index in [-0.39, 0.29) is 0 Å². The summed E-state index contributed by atoms with van der Waals surface area (Å²) in [5.41, 5.74) is 23.8. The monoisotopic (exact) mass is 948 g/mol. The molecular weight excluding hydrogens is 893 g/mol. The Kier molecular flexibility index (Phi) is 11.1. The molecule has 0 spiro atoms. The van der Waals surface area contributed by atoms with Crippen LogP contribution >= 0.6 is 0 Å². The number of rotatable bonds is 9. The molecule has 354 valence electrons. The highest BCUT2D eigenvalue weighted by Gasteiger charge is 2.30. The molecule has 0 saturated heterocycles. The first-order chi connectivity index (χ1) is 36.7. The van der Waals surface area contributed by atoms with E-state index in [1.165, 1.54) is 133 Å². The van der Waals surface area contributed by atoms with Crippen LogP contribution in [0.2, 0.25) is 0 Å². The lowest BCUT2D eigenvalue weighted by Crippen LogP contribution is -2.19. The molecule has 1 aromatic heterocycles. The molecule has 0 N–H and O–H groups in total. The Balaban J connectivity index is 0.851. The van der Waals surface area contributed by atoms with Gasteiger partial charge in [-0.3, -0.25) is 0 Å². The summed E-state index contributed by atoms with van der Waals surface area (Å²) in [7, 11) is 0. The fourth-order valence-electron chi connectivity index (χ4n) is 12.7. The maximum absolute atomic E-state index is 2.61. The fraction of sp³-hybridized carbons (Fsp3) is 0.111. The minimum atomic E-state index is 0.994. The lowest BCUT2D eigenvalue weighted by Gasteiger charge is -2.30. The molecule has 0 saturated carbocycles. The molecule has 0 fully saturated rings. The molecule has 0 aliphatic heterocycles. The predicted octanol–water partition coefficient (Wildman–Crippen LogP) is 19.3. The highest BCUT2D eigenvalue weighted by molar-refractivity contribution is 6.24. The second-order valence-corrected chi connectivity index (χ2v) is 20.4. The van der Waals surface area contributed by atoms with Crippen LogP contribution in [-0.4, -0.2) is 4.57 Å². The summed E-state index contributed by atoms with van der Waals surface area (Å²) in [6.45, 7) is 0. The zero-order chi connectivity index (χ0) is 49.0. The van der Waals surface area contributed by atoms with Crippen molar-refractivity contribution in [2.45, 2.75) is 51.4 Å². The first-order valence-corrected chi connectivity index (χ1v) is 26.7. The Hall–Kier alpha value is -8.72. The van der Waals surface area contributed by atoms with E-state index in [9.17, 15) is 0 Å². The molecule has 2 nitrogen and oxygen atoms in total. The van der Waals surface area contributed by atoms with Gasteiger partial charge in [0.2, 0.25) is 0 Å². The predicted molar refractivity (Wildman–Crippen MR) is 316 cm³/mol. The number of fused-ring (bicyclic) bond motifs is 10. The van der Waals surface area contributed by atoms with E-state index in [0.29, 0.717) is 0 Å². The molecule has 74 heavy (non-hydrogen) atoms. The van der Waals surface area contributed by atoms with Crippen LogP contribution in [0.1, 0.15) is 71.3 Å². The third-order valence-electron chi connectivity index (χ3n) is 16.1. The number of anilines is 2. The Morgan fingerprint density at radius 1 is 0.446 bits per heavy atom. The third-order valence-corrected chi connectivity index (χ3v) is 16.1. The van der Waals surface area contributed by atoms with Crippen LogP contribution < -0.4 is 4.90 Å². The van der Waals surface area contributed by atoms with Crippen LogP contribution in [0.4, 0.5) is 11.4 Å². The Morgan fingerprint density at radius 3 is 1.84 bits per heavy atom. The van der Waals surface area contributed by atoms with Crippen LogP contribution in [0.5, 0.6) is 0 Å². The van der Waals surface area contributed by atoms with Gasteiger partial charge >= 0.3 is 0 Å². The SMILES string of the molecule is C1=CCCC(n2c3c(c4c2C=C(N(c2ccccc2)c2ccccc2)CC4)CCC(/C=C/c2ccc4cc(-c5cc(-c6ccccc6)c6c(c7c(c8ccccc86)CCC=C7)c5-c5ccccc5)ccc4c2)=C3)=C1. The average Bonchev–Trinajstić information content (AvgIpc) is 3.81. The summed E-state index contributed by atoms with van der Waals surface area (Å²) in [6, 6.07) is 69.6. The van der Waals surface area contributed by atoms with Crippen molar-refractivity contribution < 1.29 is 0 Å². The van der Waals surface area contributed by atoms with Crippen molar-refractivity contribution in [2.24, 2.45) is 0 Å². The lowest BCUT2D eigenvalue weighted by molar-refractivity contribution is 0.861. The summed E-state index contributed by atoms with van der Waals surface area (Å²) >= 11 is 0. The topological polar surface area (TPSA) is 8.17 Å². The average molecular weight is 949 g/mol. The van der Waals surface area contributed by atoms with Gasteiger partial charge in [-0.15, -0.1) is 0 Å². The van der Waals surface area contributed by atoms with E-state index in [1.807, 2.05) is 0 Å². The van der Waals surface area contributed by atoms with Gasteiger partial charge in [0.15, 0.2) is 0 Å². The molecule has 4 aliphatic carbocycles. The minimum Gasteiger partial charge on any atom is -0.314 e. The van der Waals surface area contributed by atoms with E-state index in [1.54, 1.807) is 0 Å². The highest BCUT2D eigenvalue weighted by Crippen LogP contribution is 2.50. The van der Waals surface area contributed by atoms with Gasteiger partial charge in [-0.25, -0.2) is 0 Å². The maximum Gasteiger partial charge on any atom is 0.0511 e. The molecule has 14 rings (SSSR count). The van der Waals surface area contributed by atoms with Crippen molar-refractivity contribution in [3.8, 4) is 33.4 Å². The number of nitrogens with zero attached hydrogens (tertiary/aromatic N) is 2. The van der Waals surface area contributed by atoms with Crippen LogP contribution in [0.25, 0.3) is 95.7 Å². The van der Waals surface area contributed by atoms with Gasteiger partial charge in [-0.1, -0.05) is 182 Å². The number of aryl methyl sites for hydroxylation is 1. The molecule has 4 aliphatic rings. The number of para-hydroxylation sites is 2. The summed E-state index contributed by atoms with van der Waals surface area (Å²) in [4.78, 5) is 2.46.